The van der Waals surface area contributed by atoms with Crippen molar-refractivity contribution in [3.63, 3.8) is 0 Å². The van der Waals surface area contributed by atoms with E-state index in [9.17, 15) is 4.79 Å². The van der Waals surface area contributed by atoms with Gasteiger partial charge in [-0.2, -0.15) is 5.21 Å². The van der Waals surface area contributed by atoms with Gasteiger partial charge in [-0.15, -0.1) is 10.2 Å². The van der Waals surface area contributed by atoms with Gasteiger partial charge >= 0.3 is 0 Å². The SMILES string of the molecule is C[C@H]1COc2ccc(C(=O)NC(C)(C)c3nn[nH]n3)cc21. The van der Waals surface area contributed by atoms with Crippen LogP contribution in [0.4, 0.5) is 0 Å². The highest BCUT2D eigenvalue weighted by Crippen LogP contribution is 2.34. The van der Waals surface area contributed by atoms with Crippen LogP contribution in [0.3, 0.4) is 0 Å². The normalized spacial score (nSPS) is 17.2. The number of H-pyrrole nitrogens is 1. The number of tetrazole rings is 1. The van der Waals surface area contributed by atoms with Crippen molar-refractivity contribution in [1.29, 1.82) is 0 Å². The lowest BCUT2D eigenvalue weighted by molar-refractivity contribution is 0.0908. The summed E-state index contributed by atoms with van der Waals surface area (Å²) in [5.41, 5.74) is 0.966. The van der Waals surface area contributed by atoms with E-state index in [0.717, 1.165) is 11.3 Å². The third-order valence-corrected chi connectivity index (χ3v) is 3.62. The molecule has 1 aromatic heterocycles. The molecule has 21 heavy (non-hydrogen) atoms. The van der Waals surface area contributed by atoms with Crippen LogP contribution in [-0.4, -0.2) is 33.1 Å². The lowest BCUT2D eigenvalue weighted by Gasteiger charge is -2.22. The fraction of sp³-hybridized carbons (Fsp3) is 0.429. The number of ether oxygens (including phenoxy) is 1. The summed E-state index contributed by atoms with van der Waals surface area (Å²) in [7, 11) is 0. The van der Waals surface area contributed by atoms with Crippen molar-refractivity contribution in [3.05, 3.63) is 35.2 Å². The fourth-order valence-electron chi connectivity index (χ4n) is 2.35. The molecule has 0 saturated heterocycles. The van der Waals surface area contributed by atoms with E-state index in [-0.39, 0.29) is 5.91 Å². The summed E-state index contributed by atoms with van der Waals surface area (Å²) in [4.78, 5) is 12.4. The molecule has 110 valence electrons. The second-order valence-electron chi connectivity index (χ2n) is 5.78. The Bertz CT molecular complexity index is 666. The van der Waals surface area contributed by atoms with Crippen LogP contribution >= 0.6 is 0 Å². The minimum absolute atomic E-state index is 0.174. The minimum Gasteiger partial charge on any atom is -0.493 e. The van der Waals surface area contributed by atoms with Crippen LogP contribution in [0.5, 0.6) is 5.75 Å². The topological polar surface area (TPSA) is 92.8 Å². The molecule has 1 aliphatic rings. The standard InChI is InChI=1S/C14H17N5O2/c1-8-7-21-11-5-4-9(6-10(8)11)12(20)15-14(2,3)13-16-18-19-17-13/h4-6,8H,7H2,1-3H3,(H,15,20)(H,16,17,18,19)/t8-/m0/s1. The largest absolute Gasteiger partial charge is 0.493 e. The van der Waals surface area contributed by atoms with E-state index < -0.39 is 5.54 Å². The van der Waals surface area contributed by atoms with Gasteiger partial charge < -0.3 is 10.1 Å². The number of carbonyl (C=O) groups is 1. The molecular formula is C14H17N5O2. The molecule has 7 heteroatoms. The Balaban J connectivity index is 1.82. The van der Waals surface area contributed by atoms with Gasteiger partial charge in [-0.3, -0.25) is 4.79 Å². The van der Waals surface area contributed by atoms with Crippen LogP contribution < -0.4 is 10.1 Å². The molecule has 2 heterocycles. The van der Waals surface area contributed by atoms with Crippen molar-refractivity contribution in [2.45, 2.75) is 32.2 Å². The molecule has 0 bridgehead atoms. The van der Waals surface area contributed by atoms with Crippen molar-refractivity contribution < 1.29 is 9.53 Å². The summed E-state index contributed by atoms with van der Waals surface area (Å²) in [6.07, 6.45) is 0. The minimum atomic E-state index is -0.703. The molecule has 1 amide bonds. The van der Waals surface area contributed by atoms with Gasteiger partial charge in [0, 0.05) is 17.0 Å². The third kappa shape index (κ3) is 2.46. The molecule has 0 saturated carbocycles. The summed E-state index contributed by atoms with van der Waals surface area (Å²) in [5, 5.41) is 16.7. The third-order valence-electron chi connectivity index (χ3n) is 3.62. The first kappa shape index (κ1) is 13.5. The predicted octanol–water partition coefficient (Wildman–Crippen LogP) is 1.36. The molecule has 2 N–H and O–H groups in total. The van der Waals surface area contributed by atoms with Crippen LogP contribution in [0.2, 0.25) is 0 Å². The van der Waals surface area contributed by atoms with Crippen LogP contribution in [0.15, 0.2) is 18.2 Å². The predicted molar refractivity (Wildman–Crippen MR) is 75.0 cm³/mol. The monoisotopic (exact) mass is 287 g/mol. The summed E-state index contributed by atoms with van der Waals surface area (Å²) < 4.78 is 5.54. The molecule has 2 aromatic rings. The van der Waals surface area contributed by atoms with Gasteiger partial charge in [-0.1, -0.05) is 12.1 Å². The lowest BCUT2D eigenvalue weighted by atomic mass is 9.99. The molecule has 3 rings (SSSR count). The van der Waals surface area contributed by atoms with Gasteiger partial charge in [0.2, 0.25) is 0 Å². The number of hydrogen-bond acceptors (Lipinski definition) is 5. The zero-order valence-electron chi connectivity index (χ0n) is 12.2. The Morgan fingerprint density at radius 3 is 3.00 bits per heavy atom. The van der Waals surface area contributed by atoms with Gasteiger partial charge in [0.05, 0.1) is 12.1 Å². The van der Waals surface area contributed by atoms with Gasteiger partial charge in [0.15, 0.2) is 5.82 Å². The zero-order chi connectivity index (χ0) is 15.0. The number of nitrogens with zero attached hydrogens (tertiary/aromatic N) is 3. The molecular weight excluding hydrogens is 270 g/mol. The number of rotatable bonds is 3. The van der Waals surface area contributed by atoms with E-state index in [1.54, 1.807) is 6.07 Å². The average Bonchev–Trinajstić information content (AvgIpc) is 3.09. The number of hydrogen-bond donors (Lipinski definition) is 2. The quantitative estimate of drug-likeness (QED) is 0.889. The first-order chi connectivity index (χ1) is 9.97. The van der Waals surface area contributed by atoms with Gasteiger partial charge in [-0.25, -0.2) is 0 Å². The van der Waals surface area contributed by atoms with E-state index in [0.29, 0.717) is 23.9 Å². The summed E-state index contributed by atoms with van der Waals surface area (Å²) in [6, 6.07) is 5.49. The maximum Gasteiger partial charge on any atom is 0.252 e. The molecule has 0 fully saturated rings. The number of aromatic nitrogens is 4. The molecule has 1 aliphatic heterocycles. The van der Waals surface area contributed by atoms with E-state index in [4.69, 9.17) is 4.74 Å². The van der Waals surface area contributed by atoms with Gasteiger partial charge in [0.1, 0.15) is 5.75 Å². The Labute approximate surface area is 122 Å². The Morgan fingerprint density at radius 1 is 1.48 bits per heavy atom. The Morgan fingerprint density at radius 2 is 2.29 bits per heavy atom. The Hall–Kier alpha value is -2.44. The van der Waals surface area contributed by atoms with E-state index in [1.807, 2.05) is 26.0 Å². The van der Waals surface area contributed by atoms with Crippen LogP contribution in [0.25, 0.3) is 0 Å². The molecule has 0 spiro atoms. The average molecular weight is 287 g/mol. The number of carbonyl (C=O) groups excluding carboxylic acids is 1. The maximum atomic E-state index is 12.4. The molecule has 0 unspecified atom stereocenters. The highest BCUT2D eigenvalue weighted by atomic mass is 16.5. The molecule has 1 atom stereocenters. The number of amides is 1. The van der Waals surface area contributed by atoms with Crippen molar-refractivity contribution in [2.24, 2.45) is 0 Å². The van der Waals surface area contributed by atoms with Crippen molar-refractivity contribution >= 4 is 5.91 Å². The molecule has 0 radical (unpaired) electrons. The van der Waals surface area contributed by atoms with Crippen molar-refractivity contribution in [1.82, 2.24) is 25.9 Å². The summed E-state index contributed by atoms with van der Waals surface area (Å²) in [6.45, 7) is 6.40. The second kappa shape index (κ2) is 4.83. The fourth-order valence-corrected chi connectivity index (χ4v) is 2.35. The van der Waals surface area contributed by atoms with Gasteiger partial charge in [-0.05, 0) is 32.0 Å². The van der Waals surface area contributed by atoms with Crippen molar-refractivity contribution in [3.8, 4) is 5.75 Å². The molecule has 0 aliphatic carbocycles. The van der Waals surface area contributed by atoms with Crippen LogP contribution in [0.1, 0.15) is 48.4 Å². The number of aromatic amines is 1. The first-order valence-corrected chi connectivity index (χ1v) is 6.80. The zero-order valence-corrected chi connectivity index (χ0v) is 12.2. The van der Waals surface area contributed by atoms with E-state index in [2.05, 4.69) is 32.9 Å². The summed E-state index contributed by atoms with van der Waals surface area (Å²) in [5.74, 6) is 1.43. The van der Waals surface area contributed by atoms with Gasteiger partial charge in [0.25, 0.3) is 5.91 Å². The van der Waals surface area contributed by atoms with Crippen LogP contribution in [-0.2, 0) is 5.54 Å². The summed E-state index contributed by atoms with van der Waals surface area (Å²) >= 11 is 0. The number of nitrogens with one attached hydrogen (secondary N) is 2. The van der Waals surface area contributed by atoms with E-state index >= 15 is 0 Å². The number of benzene rings is 1. The highest BCUT2D eigenvalue weighted by Gasteiger charge is 2.29. The second-order valence-corrected chi connectivity index (χ2v) is 5.78. The van der Waals surface area contributed by atoms with Crippen molar-refractivity contribution in [2.75, 3.05) is 6.61 Å². The Kier molecular flexibility index (Phi) is 3.12. The van der Waals surface area contributed by atoms with E-state index in [1.165, 1.54) is 0 Å². The molecule has 7 nitrogen and oxygen atoms in total. The number of fused-ring (bicyclic) bond motifs is 1. The maximum absolute atomic E-state index is 12.4. The highest BCUT2D eigenvalue weighted by molar-refractivity contribution is 5.95. The smallest absolute Gasteiger partial charge is 0.252 e. The lowest BCUT2D eigenvalue weighted by Crippen LogP contribution is -2.42. The van der Waals surface area contributed by atoms with Crippen LogP contribution in [0, 0.1) is 0 Å². The molecule has 1 aromatic carbocycles. The first-order valence-electron chi connectivity index (χ1n) is 6.80.